The lowest BCUT2D eigenvalue weighted by Crippen LogP contribution is -1.86. The van der Waals surface area contributed by atoms with Gasteiger partial charge in [0.05, 0.1) is 21.8 Å². The first-order valence-electron chi connectivity index (χ1n) is 5.84. The lowest BCUT2D eigenvalue weighted by molar-refractivity contribution is 1.14. The Hall–Kier alpha value is -1.65. The van der Waals surface area contributed by atoms with E-state index >= 15 is 0 Å². The minimum absolute atomic E-state index is 0.679. The van der Waals surface area contributed by atoms with Crippen LogP contribution in [0.1, 0.15) is 5.82 Å². The molecule has 3 rings (SSSR count). The first-order chi connectivity index (χ1) is 9.22. The largest absolute Gasteiger partial charge is 0.399 e. The first-order valence-corrected chi connectivity index (χ1v) is 7.20. The average Bonchev–Trinajstić information content (AvgIpc) is 2.80. The topological polar surface area (TPSA) is 54.7 Å². The lowest BCUT2D eigenvalue weighted by atomic mass is 10.3. The third-order valence-corrected chi connectivity index (χ3v) is 4.27. The van der Waals surface area contributed by atoms with E-state index in [0.717, 1.165) is 27.5 Å². The maximum Gasteiger partial charge on any atom is 0.117 e. The van der Waals surface area contributed by atoms with Gasteiger partial charge in [-0.15, -0.1) is 11.8 Å². The molecule has 96 valence electrons. The van der Waals surface area contributed by atoms with E-state index in [9.17, 15) is 0 Å². The van der Waals surface area contributed by atoms with Crippen LogP contribution in [0.5, 0.6) is 0 Å². The van der Waals surface area contributed by atoms with E-state index in [2.05, 4.69) is 9.97 Å². The average molecular weight is 290 g/mol. The summed E-state index contributed by atoms with van der Waals surface area (Å²) < 4.78 is 0. The molecule has 2 aromatic carbocycles. The smallest absolute Gasteiger partial charge is 0.117 e. The normalized spacial score (nSPS) is 11.0. The summed E-state index contributed by atoms with van der Waals surface area (Å²) in [6.07, 6.45) is 0. The Morgan fingerprint density at radius 2 is 2.05 bits per heavy atom. The molecule has 5 heteroatoms. The Morgan fingerprint density at radius 3 is 2.84 bits per heavy atom. The zero-order chi connectivity index (χ0) is 13.2. The molecule has 0 fully saturated rings. The third-order valence-electron chi connectivity index (χ3n) is 2.76. The van der Waals surface area contributed by atoms with Gasteiger partial charge in [-0.05, 0) is 30.3 Å². The predicted octanol–water partition coefficient (Wildman–Crippen LogP) is 4.09. The van der Waals surface area contributed by atoms with E-state index in [4.69, 9.17) is 17.3 Å². The van der Waals surface area contributed by atoms with Crippen molar-refractivity contribution >= 4 is 40.1 Å². The van der Waals surface area contributed by atoms with Crippen LogP contribution >= 0.6 is 23.4 Å². The van der Waals surface area contributed by atoms with Crippen molar-refractivity contribution in [3.63, 3.8) is 0 Å². The van der Waals surface area contributed by atoms with Crippen molar-refractivity contribution in [1.29, 1.82) is 0 Å². The van der Waals surface area contributed by atoms with Gasteiger partial charge in [0.25, 0.3) is 0 Å². The number of aromatic nitrogens is 2. The number of benzene rings is 2. The molecule has 0 saturated heterocycles. The zero-order valence-electron chi connectivity index (χ0n) is 10.1. The van der Waals surface area contributed by atoms with Gasteiger partial charge >= 0.3 is 0 Å². The van der Waals surface area contributed by atoms with E-state index in [1.165, 1.54) is 0 Å². The number of anilines is 1. The van der Waals surface area contributed by atoms with Gasteiger partial charge in [0.1, 0.15) is 5.82 Å². The van der Waals surface area contributed by atoms with Crippen molar-refractivity contribution in [3.05, 3.63) is 53.3 Å². The summed E-state index contributed by atoms with van der Waals surface area (Å²) in [5, 5.41) is 0.682. The summed E-state index contributed by atoms with van der Waals surface area (Å²) in [6, 6.07) is 13.6. The molecule has 1 aromatic heterocycles. The van der Waals surface area contributed by atoms with E-state index in [-0.39, 0.29) is 0 Å². The number of nitrogens with one attached hydrogen (secondary N) is 1. The van der Waals surface area contributed by atoms with Crippen molar-refractivity contribution < 1.29 is 0 Å². The molecule has 0 radical (unpaired) electrons. The number of nitrogens with zero attached hydrogens (tertiary/aromatic N) is 1. The number of para-hydroxylation sites is 2. The number of rotatable bonds is 3. The molecular formula is C14H12ClN3S. The number of fused-ring (bicyclic) bond motifs is 1. The maximum absolute atomic E-state index is 6.14. The van der Waals surface area contributed by atoms with Gasteiger partial charge in [-0.2, -0.15) is 0 Å². The number of hydrogen-bond acceptors (Lipinski definition) is 3. The van der Waals surface area contributed by atoms with Crippen LogP contribution in [0.15, 0.2) is 47.4 Å². The van der Waals surface area contributed by atoms with Gasteiger partial charge in [-0.1, -0.05) is 23.7 Å². The predicted molar refractivity (Wildman–Crippen MR) is 81.5 cm³/mol. The molecule has 0 aliphatic rings. The fourth-order valence-corrected chi connectivity index (χ4v) is 3.00. The molecule has 0 bridgehead atoms. The highest BCUT2D eigenvalue weighted by Gasteiger charge is 2.05. The molecule has 3 N–H and O–H groups in total. The molecule has 0 saturated carbocycles. The Bertz CT molecular complexity index is 691. The highest BCUT2D eigenvalue weighted by molar-refractivity contribution is 7.98. The molecule has 1 heterocycles. The highest BCUT2D eigenvalue weighted by Crippen LogP contribution is 2.30. The second kappa shape index (κ2) is 5.15. The van der Waals surface area contributed by atoms with Crippen LogP contribution in [0.2, 0.25) is 5.02 Å². The Labute approximate surface area is 120 Å². The highest BCUT2D eigenvalue weighted by atomic mass is 35.5. The number of hydrogen-bond donors (Lipinski definition) is 2. The quantitative estimate of drug-likeness (QED) is 0.564. The van der Waals surface area contributed by atoms with Crippen LogP contribution in [-0.2, 0) is 5.75 Å². The number of nitrogens with two attached hydrogens (primary N) is 1. The molecule has 0 aliphatic carbocycles. The molecular weight excluding hydrogens is 278 g/mol. The van der Waals surface area contributed by atoms with E-state index in [0.29, 0.717) is 10.7 Å². The molecule has 0 atom stereocenters. The van der Waals surface area contributed by atoms with Crippen LogP contribution < -0.4 is 5.73 Å². The summed E-state index contributed by atoms with van der Waals surface area (Å²) in [4.78, 5) is 8.84. The van der Waals surface area contributed by atoms with Crippen LogP contribution in [0.3, 0.4) is 0 Å². The molecule has 3 nitrogen and oxygen atoms in total. The molecule has 19 heavy (non-hydrogen) atoms. The van der Waals surface area contributed by atoms with Crippen molar-refractivity contribution in [2.75, 3.05) is 5.73 Å². The van der Waals surface area contributed by atoms with Gasteiger partial charge in [-0.3, -0.25) is 0 Å². The summed E-state index contributed by atoms with van der Waals surface area (Å²) >= 11 is 7.79. The number of nitrogen functional groups attached to an aromatic ring is 1. The summed E-state index contributed by atoms with van der Waals surface area (Å²) in [5.41, 5.74) is 8.40. The van der Waals surface area contributed by atoms with E-state index in [1.807, 2.05) is 36.4 Å². The molecule has 0 spiro atoms. The summed E-state index contributed by atoms with van der Waals surface area (Å²) in [5.74, 6) is 1.69. The van der Waals surface area contributed by atoms with Crippen LogP contribution in [0, 0.1) is 0 Å². The van der Waals surface area contributed by atoms with E-state index < -0.39 is 0 Å². The van der Waals surface area contributed by atoms with Gasteiger partial charge in [-0.25, -0.2) is 4.98 Å². The minimum atomic E-state index is 0.679. The number of H-pyrrole nitrogens is 1. The van der Waals surface area contributed by atoms with Crippen LogP contribution in [-0.4, -0.2) is 9.97 Å². The summed E-state index contributed by atoms with van der Waals surface area (Å²) in [7, 11) is 0. The van der Waals surface area contributed by atoms with Crippen LogP contribution in [0.4, 0.5) is 5.69 Å². The standard InChI is InChI=1S/C14H12ClN3S/c15-10-7-9(16)5-6-13(10)19-8-14-17-11-3-1-2-4-12(11)18-14/h1-7H,8,16H2,(H,17,18). The summed E-state index contributed by atoms with van der Waals surface area (Å²) in [6.45, 7) is 0. The number of aromatic amines is 1. The molecule has 0 amide bonds. The van der Waals surface area contributed by atoms with Crippen molar-refractivity contribution in [2.24, 2.45) is 0 Å². The van der Waals surface area contributed by atoms with Crippen LogP contribution in [0.25, 0.3) is 11.0 Å². The van der Waals surface area contributed by atoms with Crippen molar-refractivity contribution in [2.45, 2.75) is 10.6 Å². The Kier molecular flexibility index (Phi) is 3.36. The lowest BCUT2D eigenvalue weighted by Gasteiger charge is -2.03. The monoisotopic (exact) mass is 289 g/mol. The fourth-order valence-electron chi connectivity index (χ4n) is 1.85. The van der Waals surface area contributed by atoms with Crippen molar-refractivity contribution in [3.8, 4) is 0 Å². The van der Waals surface area contributed by atoms with Gasteiger partial charge in [0.15, 0.2) is 0 Å². The van der Waals surface area contributed by atoms with Gasteiger partial charge in [0, 0.05) is 10.6 Å². The third kappa shape index (κ3) is 2.69. The number of thioether (sulfide) groups is 1. The van der Waals surface area contributed by atoms with E-state index in [1.54, 1.807) is 17.8 Å². The second-order valence-corrected chi connectivity index (χ2v) is 5.60. The number of halogens is 1. The minimum Gasteiger partial charge on any atom is -0.399 e. The number of imidazole rings is 1. The first kappa shape index (κ1) is 12.4. The zero-order valence-corrected chi connectivity index (χ0v) is 11.6. The molecule has 0 aliphatic heterocycles. The SMILES string of the molecule is Nc1ccc(SCc2nc3ccccc3[nH]2)c(Cl)c1. The Balaban J connectivity index is 1.78. The maximum atomic E-state index is 6.14. The second-order valence-electron chi connectivity index (χ2n) is 4.18. The van der Waals surface area contributed by atoms with Crippen molar-refractivity contribution in [1.82, 2.24) is 9.97 Å². The Morgan fingerprint density at radius 1 is 1.21 bits per heavy atom. The fraction of sp³-hybridized carbons (Fsp3) is 0.0714. The van der Waals surface area contributed by atoms with Gasteiger partial charge < -0.3 is 10.7 Å². The molecule has 0 unspecified atom stereocenters. The van der Waals surface area contributed by atoms with Gasteiger partial charge in [0.2, 0.25) is 0 Å². The molecule has 3 aromatic rings.